The third-order valence-corrected chi connectivity index (χ3v) is 3.84. The van der Waals surface area contributed by atoms with Crippen molar-refractivity contribution in [3.63, 3.8) is 0 Å². The molecule has 2 rings (SSSR count). The number of aliphatic carboxylic acids is 1. The fraction of sp³-hybridized carbons (Fsp3) is 0.500. The predicted octanol–water partition coefficient (Wildman–Crippen LogP) is 1.58. The van der Waals surface area contributed by atoms with E-state index in [0.29, 0.717) is 19.4 Å². The summed E-state index contributed by atoms with van der Waals surface area (Å²) in [5.41, 5.74) is 0.925. The van der Waals surface area contributed by atoms with Crippen LogP contribution in [0.4, 0.5) is 0 Å². The van der Waals surface area contributed by atoms with Crippen LogP contribution in [0.1, 0.15) is 25.3 Å². The zero-order valence-corrected chi connectivity index (χ0v) is 12.7. The molecule has 1 fully saturated rings. The zero-order valence-electron chi connectivity index (χ0n) is 12.7. The molecule has 22 heavy (non-hydrogen) atoms. The van der Waals surface area contributed by atoms with E-state index in [1.165, 1.54) is 0 Å². The van der Waals surface area contributed by atoms with Gasteiger partial charge in [-0.1, -0.05) is 12.1 Å². The van der Waals surface area contributed by atoms with Gasteiger partial charge in [-0.05, 0) is 37.5 Å². The standard InChI is InChI=1S/C16H21NO5/c1-10(15(18)17-13-7-12(8-13)16(19)20)22-9-11-4-3-5-14(6-11)21-2/h3-6,10,12-13H,7-9H2,1-2H3,(H,17,18)(H,19,20). The number of hydrogen-bond donors (Lipinski definition) is 2. The van der Waals surface area contributed by atoms with Gasteiger partial charge in [0.05, 0.1) is 19.6 Å². The summed E-state index contributed by atoms with van der Waals surface area (Å²) in [6.45, 7) is 2.00. The highest BCUT2D eigenvalue weighted by molar-refractivity contribution is 5.81. The topological polar surface area (TPSA) is 84.9 Å². The highest BCUT2D eigenvalue weighted by atomic mass is 16.5. The molecule has 1 aromatic carbocycles. The molecule has 1 saturated carbocycles. The van der Waals surface area contributed by atoms with Crippen LogP contribution in [0.3, 0.4) is 0 Å². The molecule has 1 unspecified atom stereocenters. The Balaban J connectivity index is 1.73. The van der Waals surface area contributed by atoms with Gasteiger partial charge in [-0.2, -0.15) is 0 Å². The average molecular weight is 307 g/mol. The van der Waals surface area contributed by atoms with Crippen LogP contribution in [0.15, 0.2) is 24.3 Å². The number of benzene rings is 1. The van der Waals surface area contributed by atoms with Gasteiger partial charge in [0, 0.05) is 6.04 Å². The van der Waals surface area contributed by atoms with Gasteiger partial charge >= 0.3 is 5.97 Å². The maximum atomic E-state index is 12.0. The molecule has 1 atom stereocenters. The van der Waals surface area contributed by atoms with Gasteiger partial charge in [0.2, 0.25) is 5.91 Å². The van der Waals surface area contributed by atoms with E-state index < -0.39 is 12.1 Å². The lowest BCUT2D eigenvalue weighted by Gasteiger charge is -2.33. The second-order valence-electron chi connectivity index (χ2n) is 5.52. The second kappa shape index (κ2) is 7.26. The van der Waals surface area contributed by atoms with Crippen LogP contribution in [0.2, 0.25) is 0 Å². The number of ether oxygens (including phenoxy) is 2. The number of carboxylic acid groups (broad SMARTS) is 1. The van der Waals surface area contributed by atoms with Gasteiger partial charge in [0.15, 0.2) is 0 Å². The molecule has 0 radical (unpaired) electrons. The molecule has 2 N–H and O–H groups in total. The molecule has 1 amide bonds. The van der Waals surface area contributed by atoms with Gasteiger partial charge in [0.25, 0.3) is 0 Å². The van der Waals surface area contributed by atoms with Crippen LogP contribution in [0.5, 0.6) is 5.75 Å². The van der Waals surface area contributed by atoms with Crippen molar-refractivity contribution in [1.82, 2.24) is 5.32 Å². The van der Waals surface area contributed by atoms with Crippen LogP contribution in [0.25, 0.3) is 0 Å². The summed E-state index contributed by atoms with van der Waals surface area (Å²) in [5.74, 6) is -0.602. The number of hydrogen-bond acceptors (Lipinski definition) is 4. The lowest BCUT2D eigenvalue weighted by Crippen LogP contribution is -2.49. The molecule has 120 valence electrons. The smallest absolute Gasteiger partial charge is 0.306 e. The molecule has 1 aliphatic rings. The predicted molar refractivity (Wildman–Crippen MR) is 79.5 cm³/mol. The van der Waals surface area contributed by atoms with Crippen molar-refractivity contribution in [2.75, 3.05) is 7.11 Å². The SMILES string of the molecule is COc1cccc(COC(C)C(=O)NC2CC(C(=O)O)C2)c1. The first-order valence-corrected chi connectivity index (χ1v) is 7.27. The summed E-state index contributed by atoms with van der Waals surface area (Å²) in [7, 11) is 1.60. The van der Waals surface area contributed by atoms with Crippen molar-refractivity contribution in [3.05, 3.63) is 29.8 Å². The Morgan fingerprint density at radius 2 is 2.14 bits per heavy atom. The molecule has 0 saturated heterocycles. The van der Waals surface area contributed by atoms with Crippen LogP contribution >= 0.6 is 0 Å². The van der Waals surface area contributed by atoms with Gasteiger partial charge in [-0.15, -0.1) is 0 Å². The Morgan fingerprint density at radius 1 is 1.41 bits per heavy atom. The van der Waals surface area contributed by atoms with Gasteiger partial charge in [-0.25, -0.2) is 0 Å². The largest absolute Gasteiger partial charge is 0.497 e. The Hall–Kier alpha value is -2.08. The molecule has 6 nitrogen and oxygen atoms in total. The summed E-state index contributed by atoms with van der Waals surface area (Å²) >= 11 is 0. The van der Waals surface area contributed by atoms with Crippen molar-refractivity contribution in [1.29, 1.82) is 0 Å². The van der Waals surface area contributed by atoms with Gasteiger partial charge < -0.3 is 19.9 Å². The van der Waals surface area contributed by atoms with Crippen molar-refractivity contribution >= 4 is 11.9 Å². The van der Waals surface area contributed by atoms with Gasteiger partial charge in [-0.3, -0.25) is 9.59 Å². The Morgan fingerprint density at radius 3 is 2.77 bits per heavy atom. The minimum absolute atomic E-state index is 0.0588. The first-order valence-electron chi connectivity index (χ1n) is 7.27. The molecule has 0 heterocycles. The zero-order chi connectivity index (χ0) is 16.1. The summed E-state index contributed by atoms with van der Waals surface area (Å²) < 4.78 is 10.7. The van der Waals surface area contributed by atoms with Crippen LogP contribution < -0.4 is 10.1 Å². The number of amides is 1. The van der Waals surface area contributed by atoms with Crippen LogP contribution in [-0.4, -0.2) is 36.2 Å². The quantitative estimate of drug-likeness (QED) is 0.799. The molecular formula is C16H21NO5. The third-order valence-electron chi connectivity index (χ3n) is 3.84. The van der Waals surface area contributed by atoms with E-state index in [1.807, 2.05) is 24.3 Å². The van der Waals surface area contributed by atoms with Crippen molar-refractivity contribution in [2.45, 2.75) is 38.5 Å². The van der Waals surface area contributed by atoms with E-state index in [2.05, 4.69) is 5.32 Å². The highest BCUT2D eigenvalue weighted by Crippen LogP contribution is 2.27. The normalized spacial score (nSPS) is 21.5. The number of rotatable bonds is 7. The molecular weight excluding hydrogens is 286 g/mol. The van der Waals surface area contributed by atoms with E-state index in [0.717, 1.165) is 11.3 Å². The Bertz CT molecular complexity index is 539. The molecule has 0 bridgehead atoms. The number of nitrogens with one attached hydrogen (secondary N) is 1. The summed E-state index contributed by atoms with van der Waals surface area (Å²) in [4.78, 5) is 22.7. The Labute approximate surface area is 129 Å². The summed E-state index contributed by atoms with van der Waals surface area (Å²) in [6, 6.07) is 7.40. The molecule has 0 aromatic heterocycles. The van der Waals surface area contributed by atoms with Crippen molar-refractivity contribution < 1.29 is 24.2 Å². The van der Waals surface area contributed by atoms with E-state index in [9.17, 15) is 9.59 Å². The van der Waals surface area contributed by atoms with E-state index in [1.54, 1.807) is 14.0 Å². The minimum Gasteiger partial charge on any atom is -0.497 e. The monoisotopic (exact) mass is 307 g/mol. The van der Waals surface area contributed by atoms with Crippen molar-refractivity contribution in [2.24, 2.45) is 5.92 Å². The van der Waals surface area contributed by atoms with Gasteiger partial charge in [0.1, 0.15) is 11.9 Å². The molecule has 0 aliphatic heterocycles. The summed E-state index contributed by atoms with van der Waals surface area (Å²) in [5, 5.41) is 11.6. The lowest BCUT2D eigenvalue weighted by atomic mass is 9.80. The van der Waals surface area contributed by atoms with Crippen LogP contribution in [-0.2, 0) is 20.9 Å². The highest BCUT2D eigenvalue weighted by Gasteiger charge is 2.35. The number of methoxy groups -OCH3 is 1. The number of carboxylic acids is 1. The number of carbonyl (C=O) groups excluding carboxylic acids is 1. The molecule has 1 aliphatic carbocycles. The number of carbonyl (C=O) groups is 2. The van der Waals surface area contributed by atoms with Crippen molar-refractivity contribution in [3.8, 4) is 5.75 Å². The first kappa shape index (κ1) is 16.3. The molecule has 6 heteroatoms. The first-order chi connectivity index (χ1) is 10.5. The molecule has 0 spiro atoms. The fourth-order valence-electron chi connectivity index (χ4n) is 2.32. The molecule has 1 aromatic rings. The Kier molecular flexibility index (Phi) is 5.38. The van der Waals surface area contributed by atoms with E-state index >= 15 is 0 Å². The maximum absolute atomic E-state index is 12.0. The third kappa shape index (κ3) is 4.21. The van der Waals surface area contributed by atoms with E-state index in [4.69, 9.17) is 14.6 Å². The fourth-order valence-corrected chi connectivity index (χ4v) is 2.32. The lowest BCUT2D eigenvalue weighted by molar-refractivity contribution is -0.147. The maximum Gasteiger partial charge on any atom is 0.306 e. The average Bonchev–Trinajstić information content (AvgIpc) is 2.47. The van der Waals surface area contributed by atoms with E-state index in [-0.39, 0.29) is 17.9 Å². The minimum atomic E-state index is -0.798. The van der Waals surface area contributed by atoms with Crippen LogP contribution in [0, 0.1) is 5.92 Å². The summed E-state index contributed by atoms with van der Waals surface area (Å²) in [6.07, 6.45) is 0.392. The second-order valence-corrected chi connectivity index (χ2v) is 5.52.